The standard InChI is InChI=1S/C15H18N2O3/c1-10-9-17(15(19)13-7-4-8-20-13)12-6-3-2-5-11(12)16-14(10)18/h2-3,5-6,10,13H,4,7-9H2,1H3,(H,16,18)/t10-,13+/m0/s1. The molecule has 5 nitrogen and oxygen atoms in total. The van der Waals surface area contributed by atoms with Gasteiger partial charge in [-0.25, -0.2) is 0 Å². The number of ether oxygens (including phenoxy) is 1. The summed E-state index contributed by atoms with van der Waals surface area (Å²) in [6, 6.07) is 7.40. The van der Waals surface area contributed by atoms with Crippen molar-refractivity contribution in [3.63, 3.8) is 0 Å². The number of para-hydroxylation sites is 2. The lowest BCUT2D eigenvalue weighted by Gasteiger charge is -2.26. The summed E-state index contributed by atoms with van der Waals surface area (Å²) < 4.78 is 5.49. The second kappa shape index (κ2) is 5.25. The molecule has 1 N–H and O–H groups in total. The highest BCUT2D eigenvalue weighted by Gasteiger charge is 2.34. The second-order valence-corrected chi connectivity index (χ2v) is 5.36. The van der Waals surface area contributed by atoms with Crippen molar-refractivity contribution in [1.82, 2.24) is 0 Å². The first kappa shape index (κ1) is 13.1. The van der Waals surface area contributed by atoms with E-state index in [1.54, 1.807) is 4.90 Å². The van der Waals surface area contributed by atoms with Crippen molar-refractivity contribution in [2.75, 3.05) is 23.4 Å². The Kier molecular flexibility index (Phi) is 3.44. The number of nitrogens with one attached hydrogen (secondary N) is 1. The molecule has 5 heteroatoms. The molecule has 2 amide bonds. The summed E-state index contributed by atoms with van der Waals surface area (Å²) >= 11 is 0. The van der Waals surface area contributed by atoms with Gasteiger partial charge >= 0.3 is 0 Å². The summed E-state index contributed by atoms with van der Waals surface area (Å²) in [4.78, 5) is 26.3. The average Bonchev–Trinajstić information content (AvgIpc) is 2.94. The van der Waals surface area contributed by atoms with Gasteiger partial charge in [0.2, 0.25) is 5.91 Å². The SMILES string of the molecule is C[C@H]1CN(C(=O)[C@H]2CCCO2)c2ccccc2NC1=O. The Bertz CT molecular complexity index is 538. The molecule has 2 atom stereocenters. The topological polar surface area (TPSA) is 58.6 Å². The molecule has 0 saturated carbocycles. The largest absolute Gasteiger partial charge is 0.368 e. The molecule has 0 aliphatic carbocycles. The summed E-state index contributed by atoms with van der Waals surface area (Å²) in [6.07, 6.45) is 1.30. The number of rotatable bonds is 1. The molecule has 0 radical (unpaired) electrons. The smallest absolute Gasteiger partial charge is 0.256 e. The van der Waals surface area contributed by atoms with Gasteiger partial charge in [-0.3, -0.25) is 9.59 Å². The maximum atomic E-state index is 12.6. The summed E-state index contributed by atoms with van der Waals surface area (Å²) in [7, 11) is 0. The Morgan fingerprint density at radius 2 is 2.20 bits per heavy atom. The van der Waals surface area contributed by atoms with Gasteiger partial charge in [-0.2, -0.15) is 0 Å². The molecule has 0 aromatic heterocycles. The Balaban J connectivity index is 1.95. The maximum Gasteiger partial charge on any atom is 0.256 e. The first-order valence-electron chi connectivity index (χ1n) is 6.99. The predicted molar refractivity (Wildman–Crippen MR) is 75.6 cm³/mol. The van der Waals surface area contributed by atoms with Crippen LogP contribution < -0.4 is 10.2 Å². The Morgan fingerprint density at radius 3 is 2.95 bits per heavy atom. The Hall–Kier alpha value is -1.88. The molecule has 106 valence electrons. The van der Waals surface area contributed by atoms with Crippen molar-refractivity contribution < 1.29 is 14.3 Å². The summed E-state index contributed by atoms with van der Waals surface area (Å²) in [5, 5.41) is 2.87. The van der Waals surface area contributed by atoms with Gasteiger partial charge in [0, 0.05) is 13.2 Å². The van der Waals surface area contributed by atoms with Gasteiger partial charge in [0.1, 0.15) is 6.10 Å². The van der Waals surface area contributed by atoms with E-state index in [-0.39, 0.29) is 23.8 Å². The number of fused-ring (bicyclic) bond motifs is 1. The number of anilines is 2. The molecule has 3 rings (SSSR count). The molecule has 0 spiro atoms. The van der Waals surface area contributed by atoms with Crippen molar-refractivity contribution in [3.05, 3.63) is 24.3 Å². The van der Waals surface area contributed by atoms with Crippen molar-refractivity contribution in [3.8, 4) is 0 Å². The van der Waals surface area contributed by atoms with E-state index < -0.39 is 0 Å². The number of nitrogens with zero attached hydrogens (tertiary/aromatic N) is 1. The van der Waals surface area contributed by atoms with Crippen LogP contribution in [0.1, 0.15) is 19.8 Å². The van der Waals surface area contributed by atoms with Gasteiger partial charge in [-0.1, -0.05) is 19.1 Å². The van der Waals surface area contributed by atoms with Gasteiger partial charge < -0.3 is 15.0 Å². The zero-order valence-corrected chi connectivity index (χ0v) is 11.5. The highest BCUT2D eigenvalue weighted by Crippen LogP contribution is 2.31. The molecular weight excluding hydrogens is 256 g/mol. The van der Waals surface area contributed by atoms with Crippen LogP contribution in [-0.4, -0.2) is 31.1 Å². The van der Waals surface area contributed by atoms with E-state index in [1.807, 2.05) is 31.2 Å². The van der Waals surface area contributed by atoms with E-state index >= 15 is 0 Å². The Morgan fingerprint density at radius 1 is 1.40 bits per heavy atom. The third-order valence-electron chi connectivity index (χ3n) is 3.83. The molecule has 0 unspecified atom stereocenters. The fourth-order valence-corrected chi connectivity index (χ4v) is 2.68. The molecule has 20 heavy (non-hydrogen) atoms. The van der Waals surface area contributed by atoms with Crippen LogP contribution in [0, 0.1) is 5.92 Å². The first-order chi connectivity index (χ1) is 9.66. The van der Waals surface area contributed by atoms with E-state index in [0.717, 1.165) is 18.5 Å². The lowest BCUT2D eigenvalue weighted by atomic mass is 10.1. The third-order valence-corrected chi connectivity index (χ3v) is 3.83. The van der Waals surface area contributed by atoms with Crippen LogP contribution in [0.5, 0.6) is 0 Å². The number of amides is 2. The van der Waals surface area contributed by atoms with Crippen molar-refractivity contribution in [2.45, 2.75) is 25.9 Å². The van der Waals surface area contributed by atoms with Crippen LogP contribution in [0.25, 0.3) is 0 Å². The van der Waals surface area contributed by atoms with Crippen LogP contribution in [0.2, 0.25) is 0 Å². The molecule has 1 fully saturated rings. The minimum absolute atomic E-state index is 0.0432. The minimum Gasteiger partial charge on any atom is -0.368 e. The highest BCUT2D eigenvalue weighted by molar-refractivity contribution is 6.05. The molecule has 1 aromatic rings. The second-order valence-electron chi connectivity index (χ2n) is 5.36. The maximum absolute atomic E-state index is 12.6. The van der Waals surface area contributed by atoms with Crippen LogP contribution in [0.15, 0.2) is 24.3 Å². The van der Waals surface area contributed by atoms with Crippen molar-refractivity contribution in [1.29, 1.82) is 0 Å². The van der Waals surface area contributed by atoms with E-state index in [4.69, 9.17) is 4.74 Å². The molecule has 2 heterocycles. The van der Waals surface area contributed by atoms with Crippen LogP contribution in [0.4, 0.5) is 11.4 Å². The monoisotopic (exact) mass is 274 g/mol. The fourth-order valence-electron chi connectivity index (χ4n) is 2.68. The van der Waals surface area contributed by atoms with E-state index in [9.17, 15) is 9.59 Å². The molecule has 2 aliphatic heterocycles. The van der Waals surface area contributed by atoms with Gasteiger partial charge in [0.25, 0.3) is 5.91 Å². The van der Waals surface area contributed by atoms with Crippen LogP contribution >= 0.6 is 0 Å². The normalized spacial score (nSPS) is 25.9. The molecule has 1 saturated heterocycles. The number of carbonyl (C=O) groups excluding carboxylic acids is 2. The zero-order chi connectivity index (χ0) is 14.1. The van der Waals surface area contributed by atoms with Crippen LogP contribution in [0.3, 0.4) is 0 Å². The fraction of sp³-hybridized carbons (Fsp3) is 0.467. The average molecular weight is 274 g/mol. The van der Waals surface area contributed by atoms with Gasteiger partial charge in [-0.05, 0) is 25.0 Å². The lowest BCUT2D eigenvalue weighted by molar-refractivity contribution is -0.127. The third kappa shape index (κ3) is 2.29. The van der Waals surface area contributed by atoms with E-state index in [2.05, 4.69) is 5.32 Å². The van der Waals surface area contributed by atoms with E-state index in [0.29, 0.717) is 18.8 Å². The van der Waals surface area contributed by atoms with Crippen LogP contribution in [-0.2, 0) is 14.3 Å². The summed E-state index contributed by atoms with van der Waals surface area (Å²) in [6.45, 7) is 2.86. The molecule has 0 bridgehead atoms. The number of hydrogen-bond donors (Lipinski definition) is 1. The first-order valence-corrected chi connectivity index (χ1v) is 6.99. The lowest BCUT2D eigenvalue weighted by Crippen LogP contribution is -2.41. The summed E-state index contributed by atoms with van der Waals surface area (Å²) in [5.74, 6) is -0.342. The zero-order valence-electron chi connectivity index (χ0n) is 11.5. The summed E-state index contributed by atoms with van der Waals surface area (Å²) in [5.41, 5.74) is 1.44. The highest BCUT2D eigenvalue weighted by atomic mass is 16.5. The predicted octanol–water partition coefficient (Wildman–Crippen LogP) is 1.79. The van der Waals surface area contributed by atoms with Crippen molar-refractivity contribution >= 4 is 23.2 Å². The number of carbonyl (C=O) groups is 2. The number of benzene rings is 1. The number of hydrogen-bond acceptors (Lipinski definition) is 3. The minimum atomic E-state index is -0.372. The van der Waals surface area contributed by atoms with Crippen molar-refractivity contribution in [2.24, 2.45) is 5.92 Å². The molecular formula is C15H18N2O3. The molecule has 1 aromatic carbocycles. The van der Waals surface area contributed by atoms with Gasteiger partial charge in [-0.15, -0.1) is 0 Å². The van der Waals surface area contributed by atoms with Gasteiger partial charge in [0.05, 0.1) is 17.3 Å². The van der Waals surface area contributed by atoms with Gasteiger partial charge in [0.15, 0.2) is 0 Å². The molecule has 2 aliphatic rings. The van der Waals surface area contributed by atoms with E-state index in [1.165, 1.54) is 0 Å². The Labute approximate surface area is 117 Å². The quantitative estimate of drug-likeness (QED) is 0.849.